The fraction of sp³-hybridized carbons (Fsp3) is 0.400. The lowest BCUT2D eigenvalue weighted by Gasteiger charge is -2.38. The molecule has 4 heterocycles. The lowest BCUT2D eigenvalue weighted by molar-refractivity contribution is -0.0477. The van der Waals surface area contributed by atoms with Crippen LogP contribution in [0.25, 0.3) is 33.8 Å². The highest BCUT2D eigenvalue weighted by Crippen LogP contribution is 2.42. The van der Waals surface area contributed by atoms with Crippen LogP contribution in [0.15, 0.2) is 36.9 Å². The summed E-state index contributed by atoms with van der Waals surface area (Å²) < 4.78 is 8.30. The molecule has 3 aromatic heterocycles. The molecule has 1 aromatic carbocycles. The van der Waals surface area contributed by atoms with Crippen molar-refractivity contribution in [2.24, 2.45) is 5.92 Å². The van der Waals surface area contributed by atoms with Gasteiger partial charge in [-0.2, -0.15) is 0 Å². The predicted octanol–water partition coefficient (Wildman–Crippen LogP) is 4.94. The topological polar surface area (TPSA) is 90.6 Å². The monoisotopic (exact) mass is 443 g/mol. The van der Waals surface area contributed by atoms with Gasteiger partial charge in [-0.15, -0.1) is 0 Å². The van der Waals surface area contributed by atoms with E-state index in [4.69, 9.17) is 9.72 Å². The molecule has 170 valence electrons. The van der Waals surface area contributed by atoms with Gasteiger partial charge in [-0.25, -0.2) is 24.9 Å². The summed E-state index contributed by atoms with van der Waals surface area (Å²) in [6, 6.07) is 6.39. The van der Waals surface area contributed by atoms with Gasteiger partial charge in [0.2, 0.25) is 0 Å². The standard InChI is InChI=1S/C25H29N7O/c1-6-32-23(18-11-26-16(4)27-12-18)31-22-21(28-13-29-24(22)32)17-7-8-20-19(9-17)25(5,10-15(2)3)33-14-30-20/h7-9,11-13,15,30H,6,10,14H2,1-5H3. The van der Waals surface area contributed by atoms with Crippen molar-refractivity contribution < 1.29 is 4.74 Å². The van der Waals surface area contributed by atoms with E-state index in [-0.39, 0.29) is 5.60 Å². The molecule has 0 fully saturated rings. The first-order valence-electron chi connectivity index (χ1n) is 11.4. The molecule has 0 saturated carbocycles. The molecule has 1 aliphatic rings. The molecule has 0 bridgehead atoms. The highest BCUT2D eigenvalue weighted by molar-refractivity contribution is 5.90. The Kier molecular flexibility index (Phi) is 5.32. The number of rotatable bonds is 5. The molecule has 1 N–H and O–H groups in total. The number of imidazole rings is 1. The van der Waals surface area contributed by atoms with Crippen molar-refractivity contribution in [1.29, 1.82) is 0 Å². The van der Waals surface area contributed by atoms with Gasteiger partial charge in [-0.05, 0) is 45.2 Å². The van der Waals surface area contributed by atoms with E-state index in [0.717, 1.165) is 63.8 Å². The fourth-order valence-electron chi connectivity index (χ4n) is 4.76. The van der Waals surface area contributed by atoms with Crippen molar-refractivity contribution in [3.63, 3.8) is 0 Å². The third-order valence-electron chi connectivity index (χ3n) is 6.20. The molecular weight excluding hydrogens is 414 g/mol. The zero-order valence-corrected chi connectivity index (χ0v) is 19.8. The van der Waals surface area contributed by atoms with Gasteiger partial charge in [-0.1, -0.05) is 19.9 Å². The fourth-order valence-corrected chi connectivity index (χ4v) is 4.76. The van der Waals surface area contributed by atoms with E-state index in [0.29, 0.717) is 12.6 Å². The summed E-state index contributed by atoms with van der Waals surface area (Å²) in [5, 5.41) is 3.37. The van der Waals surface area contributed by atoms with E-state index in [2.05, 4.69) is 75.7 Å². The minimum absolute atomic E-state index is 0.357. The van der Waals surface area contributed by atoms with Crippen molar-refractivity contribution in [1.82, 2.24) is 29.5 Å². The van der Waals surface area contributed by atoms with Crippen LogP contribution < -0.4 is 5.32 Å². The van der Waals surface area contributed by atoms with Gasteiger partial charge in [0.25, 0.3) is 0 Å². The van der Waals surface area contributed by atoms with Gasteiger partial charge < -0.3 is 14.6 Å². The molecular formula is C25H29N7O. The van der Waals surface area contributed by atoms with Crippen molar-refractivity contribution in [3.05, 3.63) is 48.3 Å². The van der Waals surface area contributed by atoms with Crippen molar-refractivity contribution >= 4 is 16.9 Å². The van der Waals surface area contributed by atoms with Gasteiger partial charge >= 0.3 is 0 Å². The van der Waals surface area contributed by atoms with Crippen LogP contribution in [0.4, 0.5) is 5.69 Å². The maximum Gasteiger partial charge on any atom is 0.164 e. The van der Waals surface area contributed by atoms with Gasteiger partial charge in [0.1, 0.15) is 35.9 Å². The number of aromatic nitrogens is 6. The number of aryl methyl sites for hydroxylation is 2. The summed E-state index contributed by atoms with van der Waals surface area (Å²) in [6.07, 6.45) is 6.17. The molecule has 5 rings (SSSR count). The molecule has 0 amide bonds. The molecule has 0 aliphatic carbocycles. The Labute approximate surface area is 193 Å². The van der Waals surface area contributed by atoms with Gasteiger partial charge in [0.15, 0.2) is 5.65 Å². The first kappa shape index (κ1) is 21.5. The van der Waals surface area contributed by atoms with E-state index in [9.17, 15) is 0 Å². The van der Waals surface area contributed by atoms with Crippen LogP contribution in [0.1, 0.15) is 45.5 Å². The summed E-state index contributed by atoms with van der Waals surface area (Å²) in [7, 11) is 0. The Morgan fingerprint density at radius 2 is 1.91 bits per heavy atom. The number of anilines is 1. The molecule has 0 spiro atoms. The van der Waals surface area contributed by atoms with Crippen LogP contribution in [-0.4, -0.2) is 36.2 Å². The molecule has 0 saturated heterocycles. The Bertz CT molecular complexity index is 1310. The quantitative estimate of drug-likeness (QED) is 0.467. The Morgan fingerprint density at radius 1 is 1.12 bits per heavy atom. The van der Waals surface area contributed by atoms with Crippen LogP contribution in [0, 0.1) is 12.8 Å². The molecule has 4 aromatic rings. The number of nitrogens with zero attached hydrogens (tertiary/aromatic N) is 6. The second-order valence-electron chi connectivity index (χ2n) is 9.15. The predicted molar refractivity (Wildman–Crippen MR) is 129 cm³/mol. The number of nitrogens with one attached hydrogen (secondary N) is 1. The average Bonchev–Trinajstić information content (AvgIpc) is 3.18. The molecule has 0 radical (unpaired) electrons. The molecule has 1 aliphatic heterocycles. The summed E-state index contributed by atoms with van der Waals surface area (Å²) in [5.41, 5.74) is 6.13. The molecule has 1 unspecified atom stereocenters. The largest absolute Gasteiger partial charge is 0.362 e. The van der Waals surface area contributed by atoms with Crippen LogP contribution in [0.2, 0.25) is 0 Å². The third-order valence-corrected chi connectivity index (χ3v) is 6.20. The average molecular weight is 444 g/mol. The SMILES string of the molecule is CCn1c(-c2cnc(C)nc2)nc2c(-c3ccc4c(c3)C(C)(CC(C)C)OCN4)ncnc21. The van der Waals surface area contributed by atoms with Gasteiger partial charge in [-0.3, -0.25) is 0 Å². The van der Waals surface area contributed by atoms with E-state index < -0.39 is 0 Å². The summed E-state index contributed by atoms with van der Waals surface area (Å²) in [4.78, 5) is 22.9. The van der Waals surface area contributed by atoms with Crippen molar-refractivity contribution in [3.8, 4) is 22.6 Å². The van der Waals surface area contributed by atoms with E-state index in [1.165, 1.54) is 0 Å². The van der Waals surface area contributed by atoms with Crippen LogP contribution in [-0.2, 0) is 16.9 Å². The first-order chi connectivity index (χ1) is 15.9. The van der Waals surface area contributed by atoms with Gasteiger partial charge in [0.05, 0.1) is 11.2 Å². The minimum Gasteiger partial charge on any atom is -0.362 e. The highest BCUT2D eigenvalue weighted by Gasteiger charge is 2.34. The molecule has 8 nitrogen and oxygen atoms in total. The molecule has 8 heteroatoms. The van der Waals surface area contributed by atoms with Crippen LogP contribution in [0.5, 0.6) is 0 Å². The Morgan fingerprint density at radius 3 is 2.64 bits per heavy atom. The van der Waals surface area contributed by atoms with Crippen molar-refractivity contribution in [2.45, 2.75) is 53.2 Å². The Balaban J connectivity index is 1.67. The van der Waals surface area contributed by atoms with Crippen LogP contribution >= 0.6 is 0 Å². The number of hydrogen-bond donors (Lipinski definition) is 1. The summed E-state index contributed by atoms with van der Waals surface area (Å²) in [5.74, 6) is 2.03. The third kappa shape index (κ3) is 3.74. The maximum absolute atomic E-state index is 6.21. The smallest absolute Gasteiger partial charge is 0.164 e. The number of benzene rings is 1. The second-order valence-corrected chi connectivity index (χ2v) is 9.15. The minimum atomic E-state index is -0.357. The van der Waals surface area contributed by atoms with E-state index in [1.807, 2.05) is 19.3 Å². The lowest BCUT2D eigenvalue weighted by Crippen LogP contribution is -2.35. The van der Waals surface area contributed by atoms with E-state index >= 15 is 0 Å². The number of fused-ring (bicyclic) bond motifs is 2. The zero-order valence-electron chi connectivity index (χ0n) is 19.8. The number of ether oxygens (including phenoxy) is 1. The summed E-state index contributed by atoms with van der Waals surface area (Å²) in [6.45, 7) is 11.8. The van der Waals surface area contributed by atoms with Crippen LogP contribution in [0.3, 0.4) is 0 Å². The second kappa shape index (κ2) is 8.19. The molecule has 1 atom stereocenters. The lowest BCUT2D eigenvalue weighted by atomic mass is 9.84. The highest BCUT2D eigenvalue weighted by atomic mass is 16.5. The first-order valence-corrected chi connectivity index (χ1v) is 11.4. The van der Waals surface area contributed by atoms with Crippen molar-refractivity contribution in [2.75, 3.05) is 12.0 Å². The summed E-state index contributed by atoms with van der Waals surface area (Å²) >= 11 is 0. The normalized spacial score (nSPS) is 17.9. The number of hydrogen-bond acceptors (Lipinski definition) is 7. The maximum atomic E-state index is 6.21. The Hall–Kier alpha value is -3.39. The van der Waals surface area contributed by atoms with E-state index in [1.54, 1.807) is 6.33 Å². The van der Waals surface area contributed by atoms with Gasteiger partial charge in [0, 0.05) is 35.8 Å². The molecule has 33 heavy (non-hydrogen) atoms. The zero-order chi connectivity index (χ0) is 23.2.